The predicted molar refractivity (Wildman–Crippen MR) is 78.7 cm³/mol. The van der Waals surface area contributed by atoms with E-state index in [1.54, 1.807) is 23.5 Å². The SMILES string of the molecule is CCN(c1ccc(F)cc1)c1nc(C(C)NC)cs1. The maximum Gasteiger partial charge on any atom is 0.190 e. The van der Waals surface area contributed by atoms with Gasteiger partial charge in [0.15, 0.2) is 5.13 Å². The van der Waals surface area contributed by atoms with Gasteiger partial charge in [0.25, 0.3) is 0 Å². The van der Waals surface area contributed by atoms with Crippen molar-refractivity contribution in [1.29, 1.82) is 0 Å². The van der Waals surface area contributed by atoms with Crippen molar-refractivity contribution in [2.75, 3.05) is 18.5 Å². The van der Waals surface area contributed by atoms with E-state index in [-0.39, 0.29) is 11.9 Å². The zero-order valence-electron chi connectivity index (χ0n) is 11.4. The normalized spacial score (nSPS) is 12.4. The van der Waals surface area contributed by atoms with Crippen molar-refractivity contribution in [1.82, 2.24) is 10.3 Å². The van der Waals surface area contributed by atoms with Gasteiger partial charge in [0.05, 0.1) is 5.69 Å². The van der Waals surface area contributed by atoms with Crippen LogP contribution in [0.3, 0.4) is 0 Å². The molecule has 1 N–H and O–H groups in total. The zero-order chi connectivity index (χ0) is 13.8. The Morgan fingerprint density at radius 1 is 1.37 bits per heavy atom. The maximum atomic E-state index is 13.0. The van der Waals surface area contributed by atoms with E-state index in [9.17, 15) is 4.39 Å². The van der Waals surface area contributed by atoms with Gasteiger partial charge in [0.1, 0.15) is 5.82 Å². The second-order valence-corrected chi connectivity index (χ2v) is 5.12. The average Bonchev–Trinajstić information content (AvgIpc) is 2.90. The highest BCUT2D eigenvalue weighted by Crippen LogP contribution is 2.29. The fourth-order valence-corrected chi connectivity index (χ4v) is 2.80. The van der Waals surface area contributed by atoms with Gasteiger partial charge in [-0.25, -0.2) is 9.37 Å². The summed E-state index contributed by atoms with van der Waals surface area (Å²) in [5, 5.41) is 6.17. The van der Waals surface area contributed by atoms with Crippen molar-refractivity contribution < 1.29 is 4.39 Å². The lowest BCUT2D eigenvalue weighted by Gasteiger charge is -2.19. The number of rotatable bonds is 5. The Labute approximate surface area is 117 Å². The first-order chi connectivity index (χ1) is 9.15. The molecular weight excluding hydrogens is 261 g/mol. The van der Waals surface area contributed by atoms with Crippen LogP contribution in [-0.4, -0.2) is 18.6 Å². The van der Waals surface area contributed by atoms with Gasteiger partial charge in [-0.1, -0.05) is 0 Å². The summed E-state index contributed by atoms with van der Waals surface area (Å²) in [4.78, 5) is 6.72. The molecule has 2 rings (SSSR count). The van der Waals surface area contributed by atoms with Crippen LogP contribution in [0.15, 0.2) is 29.6 Å². The molecule has 5 heteroatoms. The van der Waals surface area contributed by atoms with Crippen LogP contribution in [0.2, 0.25) is 0 Å². The zero-order valence-corrected chi connectivity index (χ0v) is 12.2. The molecule has 0 bridgehead atoms. The minimum atomic E-state index is -0.219. The third kappa shape index (κ3) is 3.11. The number of aromatic nitrogens is 1. The molecule has 19 heavy (non-hydrogen) atoms. The summed E-state index contributed by atoms with van der Waals surface area (Å²) in [7, 11) is 1.92. The molecule has 1 aromatic carbocycles. The summed E-state index contributed by atoms with van der Waals surface area (Å²) in [5.41, 5.74) is 1.99. The number of benzene rings is 1. The van der Waals surface area contributed by atoms with E-state index in [0.717, 1.165) is 23.1 Å². The first kappa shape index (κ1) is 14.0. The van der Waals surface area contributed by atoms with E-state index in [2.05, 4.69) is 34.4 Å². The highest BCUT2D eigenvalue weighted by molar-refractivity contribution is 7.13. The number of halogens is 1. The van der Waals surface area contributed by atoms with Gasteiger partial charge in [-0.05, 0) is 45.2 Å². The van der Waals surface area contributed by atoms with Crippen molar-refractivity contribution in [3.05, 3.63) is 41.2 Å². The van der Waals surface area contributed by atoms with Crippen molar-refractivity contribution in [2.24, 2.45) is 0 Å². The third-order valence-corrected chi connectivity index (χ3v) is 3.95. The summed E-state index contributed by atoms with van der Waals surface area (Å²) < 4.78 is 13.0. The smallest absolute Gasteiger partial charge is 0.190 e. The second-order valence-electron chi connectivity index (χ2n) is 4.29. The number of hydrogen-bond acceptors (Lipinski definition) is 4. The van der Waals surface area contributed by atoms with Gasteiger partial charge in [0, 0.05) is 23.7 Å². The maximum absolute atomic E-state index is 13.0. The summed E-state index contributed by atoms with van der Waals surface area (Å²) in [6.07, 6.45) is 0. The molecule has 0 radical (unpaired) electrons. The highest BCUT2D eigenvalue weighted by atomic mass is 32.1. The minimum Gasteiger partial charge on any atom is -0.318 e. The van der Waals surface area contributed by atoms with Gasteiger partial charge in [-0.2, -0.15) is 0 Å². The molecule has 1 aromatic heterocycles. The van der Waals surface area contributed by atoms with Gasteiger partial charge in [-0.3, -0.25) is 0 Å². The van der Waals surface area contributed by atoms with E-state index in [0.29, 0.717) is 0 Å². The quantitative estimate of drug-likeness (QED) is 0.904. The minimum absolute atomic E-state index is 0.219. The molecule has 0 aliphatic rings. The molecule has 0 fully saturated rings. The fourth-order valence-electron chi connectivity index (χ4n) is 1.80. The molecule has 1 unspecified atom stereocenters. The lowest BCUT2D eigenvalue weighted by Crippen LogP contribution is -2.17. The Balaban J connectivity index is 2.26. The molecule has 102 valence electrons. The Morgan fingerprint density at radius 2 is 2.05 bits per heavy atom. The summed E-state index contributed by atoms with van der Waals surface area (Å²) in [5.74, 6) is -0.219. The van der Waals surface area contributed by atoms with Crippen LogP contribution in [0.25, 0.3) is 0 Å². The average molecular weight is 279 g/mol. The second kappa shape index (κ2) is 6.12. The van der Waals surface area contributed by atoms with Crippen molar-refractivity contribution in [3.8, 4) is 0 Å². The van der Waals surface area contributed by atoms with Crippen molar-refractivity contribution in [3.63, 3.8) is 0 Å². The number of thiazole rings is 1. The first-order valence-electron chi connectivity index (χ1n) is 6.31. The van der Waals surface area contributed by atoms with Crippen molar-refractivity contribution >= 4 is 22.2 Å². The topological polar surface area (TPSA) is 28.2 Å². The number of hydrogen-bond donors (Lipinski definition) is 1. The van der Waals surface area contributed by atoms with E-state index in [4.69, 9.17) is 0 Å². The molecule has 1 heterocycles. The molecule has 0 saturated carbocycles. The molecule has 3 nitrogen and oxygen atoms in total. The summed E-state index contributed by atoms with van der Waals surface area (Å²) in [6.45, 7) is 4.94. The molecule has 0 aliphatic carbocycles. The molecular formula is C14H18FN3S. The molecule has 0 amide bonds. The van der Waals surface area contributed by atoms with Gasteiger partial charge in [-0.15, -0.1) is 11.3 Å². The largest absolute Gasteiger partial charge is 0.318 e. The lowest BCUT2D eigenvalue weighted by molar-refractivity contribution is 0.627. The molecule has 0 spiro atoms. The lowest BCUT2D eigenvalue weighted by atomic mass is 10.3. The predicted octanol–water partition coefficient (Wildman–Crippen LogP) is 3.72. The van der Waals surface area contributed by atoms with Gasteiger partial charge < -0.3 is 10.2 Å². The van der Waals surface area contributed by atoms with Crippen molar-refractivity contribution in [2.45, 2.75) is 19.9 Å². The Hall–Kier alpha value is -1.46. The van der Waals surface area contributed by atoms with E-state index < -0.39 is 0 Å². The van der Waals surface area contributed by atoms with Gasteiger partial charge in [0.2, 0.25) is 0 Å². The van der Waals surface area contributed by atoms with Crippen LogP contribution in [-0.2, 0) is 0 Å². The number of nitrogens with zero attached hydrogens (tertiary/aromatic N) is 2. The standard InChI is InChI=1S/C14H18FN3S/c1-4-18(12-7-5-11(15)6-8-12)14-17-13(9-19-14)10(2)16-3/h5-10,16H,4H2,1-3H3. The van der Waals surface area contributed by atoms with Crippen LogP contribution in [0, 0.1) is 5.82 Å². The Kier molecular flexibility index (Phi) is 4.50. The van der Waals surface area contributed by atoms with Crippen LogP contribution in [0.4, 0.5) is 15.2 Å². The molecule has 1 atom stereocenters. The van der Waals surface area contributed by atoms with Crippen LogP contribution < -0.4 is 10.2 Å². The number of nitrogens with one attached hydrogen (secondary N) is 1. The fraction of sp³-hybridized carbons (Fsp3) is 0.357. The molecule has 2 aromatic rings. The van der Waals surface area contributed by atoms with Gasteiger partial charge >= 0.3 is 0 Å². The Morgan fingerprint density at radius 3 is 2.63 bits per heavy atom. The summed E-state index contributed by atoms with van der Waals surface area (Å²) >= 11 is 1.61. The molecule has 0 aliphatic heterocycles. The van der Waals surface area contributed by atoms with E-state index >= 15 is 0 Å². The van der Waals surface area contributed by atoms with Crippen LogP contribution in [0.1, 0.15) is 25.6 Å². The van der Waals surface area contributed by atoms with E-state index in [1.807, 2.05) is 7.05 Å². The summed E-state index contributed by atoms with van der Waals surface area (Å²) in [6, 6.07) is 6.74. The van der Waals surface area contributed by atoms with Crippen LogP contribution >= 0.6 is 11.3 Å². The first-order valence-corrected chi connectivity index (χ1v) is 7.19. The monoisotopic (exact) mass is 279 g/mol. The number of anilines is 2. The third-order valence-electron chi connectivity index (χ3n) is 3.07. The van der Waals surface area contributed by atoms with E-state index in [1.165, 1.54) is 12.1 Å². The Bertz CT molecular complexity index is 524. The highest BCUT2D eigenvalue weighted by Gasteiger charge is 2.14. The molecule has 0 saturated heterocycles. The van der Waals surface area contributed by atoms with Crippen LogP contribution in [0.5, 0.6) is 0 Å².